The van der Waals surface area contributed by atoms with Crippen molar-refractivity contribution in [3.63, 3.8) is 0 Å². The molecule has 1 saturated carbocycles. The Hall–Kier alpha value is -0.260. The molecule has 0 aromatic rings. The Morgan fingerprint density at radius 3 is 1.97 bits per heavy atom. The van der Waals surface area contributed by atoms with Gasteiger partial charge >= 0.3 is 0 Å². The van der Waals surface area contributed by atoms with Crippen LogP contribution in [0.5, 0.6) is 0 Å². The quantitative estimate of drug-likeness (QED) is 0.141. The minimum atomic E-state index is 0.781. The van der Waals surface area contributed by atoms with E-state index in [0.717, 1.165) is 59.2 Å². The van der Waals surface area contributed by atoms with Crippen LogP contribution in [0.25, 0.3) is 0 Å². The van der Waals surface area contributed by atoms with Crippen LogP contribution in [0, 0.1) is 59.2 Å². The van der Waals surface area contributed by atoms with Gasteiger partial charge in [-0.05, 0) is 85.4 Å². The molecule has 0 aromatic carbocycles. The van der Waals surface area contributed by atoms with Crippen LogP contribution in [0.15, 0.2) is 11.6 Å². The Kier molecular flexibility index (Phi) is 14.6. The molecule has 0 N–H and O–H groups in total. The predicted molar refractivity (Wildman–Crippen MR) is 152 cm³/mol. The molecule has 1 rings (SSSR count). The van der Waals surface area contributed by atoms with Gasteiger partial charge in [0.05, 0.1) is 0 Å². The molecule has 0 radical (unpaired) electrons. The lowest BCUT2D eigenvalue weighted by atomic mass is 9.71. The minimum absolute atomic E-state index is 0.781. The second-order valence-electron chi connectivity index (χ2n) is 13.2. The van der Waals surface area contributed by atoms with Crippen LogP contribution in [-0.2, 0) is 0 Å². The number of allylic oxidation sites excluding steroid dienone is 2. The van der Waals surface area contributed by atoms with E-state index in [4.69, 9.17) is 0 Å². The lowest BCUT2D eigenvalue weighted by Crippen LogP contribution is -2.27. The van der Waals surface area contributed by atoms with Gasteiger partial charge in [0.15, 0.2) is 0 Å². The van der Waals surface area contributed by atoms with Crippen molar-refractivity contribution < 1.29 is 0 Å². The molecule has 0 heterocycles. The van der Waals surface area contributed by atoms with Crippen molar-refractivity contribution in [2.75, 3.05) is 0 Å². The van der Waals surface area contributed by atoms with Crippen LogP contribution in [0.2, 0.25) is 0 Å². The first-order valence-electron chi connectivity index (χ1n) is 15.2. The lowest BCUT2D eigenvalue weighted by Gasteiger charge is -2.35. The summed E-state index contributed by atoms with van der Waals surface area (Å²) >= 11 is 0. The second-order valence-corrected chi connectivity index (χ2v) is 13.2. The first-order chi connectivity index (χ1) is 15.5. The molecule has 1 aliphatic rings. The molecular formula is C33H64. The molecule has 196 valence electrons. The van der Waals surface area contributed by atoms with Gasteiger partial charge in [-0.1, -0.05) is 126 Å². The first-order valence-corrected chi connectivity index (χ1v) is 15.2. The fourth-order valence-electron chi connectivity index (χ4n) is 6.39. The van der Waals surface area contributed by atoms with E-state index in [0.29, 0.717) is 0 Å². The van der Waals surface area contributed by atoms with Crippen molar-refractivity contribution in [2.45, 2.75) is 140 Å². The largest absolute Gasteiger partial charge is 0.0884 e. The number of unbranched alkanes of at least 4 members (excludes halogenated alkanes) is 2. The summed E-state index contributed by atoms with van der Waals surface area (Å²) in [5, 5.41) is 0. The maximum Gasteiger partial charge on any atom is -0.0292 e. The molecule has 0 bridgehead atoms. The summed E-state index contributed by atoms with van der Waals surface area (Å²) in [6.07, 6.45) is 16.6. The SMILES string of the molecule is CC=C(CC(C)C(C)C)CC(C)C(C)C(C)C(C)C(C)C1CC1CCCCCC(C)CCC. The van der Waals surface area contributed by atoms with Gasteiger partial charge in [-0.2, -0.15) is 0 Å². The van der Waals surface area contributed by atoms with Gasteiger partial charge in [0.1, 0.15) is 0 Å². The normalized spacial score (nSPS) is 25.4. The maximum absolute atomic E-state index is 2.58. The molecule has 0 saturated heterocycles. The second kappa shape index (κ2) is 15.7. The summed E-state index contributed by atoms with van der Waals surface area (Å²) in [6, 6.07) is 0. The molecule has 0 aliphatic heterocycles. The Labute approximate surface area is 211 Å². The Morgan fingerprint density at radius 2 is 1.39 bits per heavy atom. The summed E-state index contributed by atoms with van der Waals surface area (Å²) < 4.78 is 0. The molecule has 0 spiro atoms. The first kappa shape index (κ1) is 30.8. The summed E-state index contributed by atoms with van der Waals surface area (Å²) in [5.41, 5.74) is 1.69. The van der Waals surface area contributed by atoms with E-state index >= 15 is 0 Å². The van der Waals surface area contributed by atoms with Crippen molar-refractivity contribution >= 4 is 0 Å². The zero-order valence-electron chi connectivity index (χ0n) is 24.9. The van der Waals surface area contributed by atoms with Gasteiger partial charge in [0.25, 0.3) is 0 Å². The van der Waals surface area contributed by atoms with Crippen LogP contribution in [-0.4, -0.2) is 0 Å². The molecule has 1 fully saturated rings. The smallest absolute Gasteiger partial charge is 0.0292 e. The van der Waals surface area contributed by atoms with Gasteiger partial charge in [0.2, 0.25) is 0 Å². The summed E-state index contributed by atoms with van der Waals surface area (Å²) in [7, 11) is 0. The van der Waals surface area contributed by atoms with E-state index in [-0.39, 0.29) is 0 Å². The zero-order valence-corrected chi connectivity index (χ0v) is 24.9. The van der Waals surface area contributed by atoms with Gasteiger partial charge in [0, 0.05) is 0 Å². The third-order valence-corrected chi connectivity index (χ3v) is 10.3. The van der Waals surface area contributed by atoms with Gasteiger partial charge < -0.3 is 0 Å². The summed E-state index contributed by atoms with van der Waals surface area (Å²) in [4.78, 5) is 0. The third kappa shape index (κ3) is 10.9. The fourth-order valence-corrected chi connectivity index (χ4v) is 6.39. The topological polar surface area (TPSA) is 0 Å². The molecule has 1 aliphatic carbocycles. The average Bonchev–Trinajstić information content (AvgIpc) is 3.55. The monoisotopic (exact) mass is 461 g/mol. The van der Waals surface area contributed by atoms with Crippen LogP contribution < -0.4 is 0 Å². The number of hydrogen-bond donors (Lipinski definition) is 0. The molecule has 9 atom stereocenters. The van der Waals surface area contributed by atoms with Crippen LogP contribution >= 0.6 is 0 Å². The highest BCUT2D eigenvalue weighted by molar-refractivity contribution is 5.03. The highest BCUT2D eigenvalue weighted by Gasteiger charge is 2.43. The molecule has 0 heteroatoms. The molecule has 0 aromatic heterocycles. The Balaban J connectivity index is 2.39. The van der Waals surface area contributed by atoms with Gasteiger partial charge in [-0.25, -0.2) is 0 Å². The highest BCUT2D eigenvalue weighted by Crippen LogP contribution is 2.51. The van der Waals surface area contributed by atoms with Crippen molar-refractivity contribution in [1.82, 2.24) is 0 Å². The van der Waals surface area contributed by atoms with E-state index in [1.165, 1.54) is 64.2 Å². The van der Waals surface area contributed by atoms with E-state index < -0.39 is 0 Å². The third-order valence-electron chi connectivity index (χ3n) is 10.3. The van der Waals surface area contributed by atoms with Crippen molar-refractivity contribution in [3.05, 3.63) is 11.6 Å². The number of rotatable bonds is 18. The maximum atomic E-state index is 2.58. The van der Waals surface area contributed by atoms with E-state index in [9.17, 15) is 0 Å². The standard InChI is InChI=1S/C33H64/c1-12-17-24(5)18-15-14-16-19-32-22-33(32)30(11)29(10)28(9)27(8)26(7)21-31(13-2)20-25(6)23(3)4/h13,23-30,32-33H,12,14-22H2,1-11H3. The van der Waals surface area contributed by atoms with Crippen molar-refractivity contribution in [2.24, 2.45) is 59.2 Å². The van der Waals surface area contributed by atoms with E-state index in [1.54, 1.807) is 5.57 Å². The van der Waals surface area contributed by atoms with Crippen LogP contribution in [0.1, 0.15) is 140 Å². The Bertz CT molecular complexity index is 528. The summed E-state index contributed by atoms with van der Waals surface area (Å²) in [5.74, 6) is 8.71. The lowest BCUT2D eigenvalue weighted by molar-refractivity contribution is 0.153. The molecule has 0 amide bonds. The number of hydrogen-bond acceptors (Lipinski definition) is 0. The van der Waals surface area contributed by atoms with Crippen molar-refractivity contribution in [3.8, 4) is 0 Å². The molecule has 0 nitrogen and oxygen atoms in total. The molecular weight excluding hydrogens is 396 g/mol. The predicted octanol–water partition coefficient (Wildman–Crippen LogP) is 11.2. The molecule has 9 unspecified atom stereocenters. The van der Waals surface area contributed by atoms with Crippen molar-refractivity contribution in [1.29, 1.82) is 0 Å². The summed E-state index contributed by atoms with van der Waals surface area (Å²) in [6.45, 7) is 27.0. The van der Waals surface area contributed by atoms with Gasteiger partial charge in [-0.15, -0.1) is 0 Å². The van der Waals surface area contributed by atoms with Crippen LogP contribution in [0.3, 0.4) is 0 Å². The fraction of sp³-hybridized carbons (Fsp3) is 0.939. The average molecular weight is 461 g/mol. The molecule has 33 heavy (non-hydrogen) atoms. The minimum Gasteiger partial charge on any atom is -0.0884 e. The Morgan fingerprint density at radius 1 is 0.758 bits per heavy atom. The van der Waals surface area contributed by atoms with E-state index in [2.05, 4.69) is 82.2 Å². The zero-order chi connectivity index (χ0) is 25.1. The van der Waals surface area contributed by atoms with Crippen LogP contribution in [0.4, 0.5) is 0 Å². The van der Waals surface area contributed by atoms with Gasteiger partial charge in [-0.3, -0.25) is 0 Å². The highest BCUT2D eigenvalue weighted by atomic mass is 14.5. The van der Waals surface area contributed by atoms with E-state index in [1.807, 2.05) is 0 Å².